The van der Waals surface area contributed by atoms with Crippen LogP contribution in [0, 0.1) is 0 Å². The molecule has 4 nitrogen and oxygen atoms in total. The second-order valence-corrected chi connectivity index (χ2v) is 3.93. The molecular weight excluding hydrogens is 245 g/mol. The maximum absolute atomic E-state index is 12.5. The van der Waals surface area contributed by atoms with Gasteiger partial charge in [0.25, 0.3) is 0 Å². The van der Waals surface area contributed by atoms with Crippen LogP contribution in [0.1, 0.15) is 5.69 Å². The highest BCUT2D eigenvalue weighted by atomic mass is 19.4. The van der Waals surface area contributed by atoms with Gasteiger partial charge in [-0.25, -0.2) is 0 Å². The minimum Gasteiger partial charge on any atom is -0.376 e. The normalized spacial score (nSPS) is 11.6. The van der Waals surface area contributed by atoms with E-state index in [1.807, 2.05) is 5.10 Å². The zero-order chi connectivity index (χ0) is 13.3. The lowest BCUT2D eigenvalue weighted by Crippen LogP contribution is -2.10. The van der Waals surface area contributed by atoms with Crippen molar-refractivity contribution >= 4 is 5.69 Å². The lowest BCUT2D eigenvalue weighted by Gasteiger charge is -2.14. The predicted octanol–water partition coefficient (Wildman–Crippen LogP) is 2.56. The summed E-state index contributed by atoms with van der Waals surface area (Å²) in [4.78, 5) is 5.84. The molecule has 0 saturated heterocycles. The highest BCUT2D eigenvalue weighted by molar-refractivity contribution is 5.72. The minimum absolute atomic E-state index is 0.173. The SMILES string of the molecule is CN(C)c1cccnc1-c1cc(C(F)(F)F)[nH]n1. The first-order chi connectivity index (χ1) is 8.39. The van der Waals surface area contributed by atoms with E-state index in [2.05, 4.69) is 10.1 Å². The molecule has 0 unspecified atom stereocenters. The molecule has 2 aromatic heterocycles. The fourth-order valence-corrected chi connectivity index (χ4v) is 1.54. The zero-order valence-corrected chi connectivity index (χ0v) is 9.78. The summed E-state index contributed by atoms with van der Waals surface area (Å²) in [5.41, 5.74) is 0.409. The van der Waals surface area contributed by atoms with Crippen LogP contribution in [-0.2, 0) is 6.18 Å². The summed E-state index contributed by atoms with van der Waals surface area (Å²) in [5, 5.41) is 5.64. The number of hydrogen-bond donors (Lipinski definition) is 1. The molecule has 0 aromatic carbocycles. The van der Waals surface area contributed by atoms with Crippen molar-refractivity contribution in [2.45, 2.75) is 6.18 Å². The van der Waals surface area contributed by atoms with Crippen molar-refractivity contribution in [3.05, 3.63) is 30.1 Å². The van der Waals surface area contributed by atoms with Gasteiger partial charge in [-0.15, -0.1) is 0 Å². The standard InChI is InChI=1S/C11H11F3N4/c1-18(2)8-4-3-5-15-10(8)7-6-9(17-16-7)11(12,13)14/h3-6H,1-2H3,(H,16,17). The molecule has 0 fully saturated rings. The number of rotatable bonds is 2. The molecule has 0 spiro atoms. The van der Waals surface area contributed by atoms with Crippen LogP contribution >= 0.6 is 0 Å². The van der Waals surface area contributed by atoms with Gasteiger partial charge in [0.1, 0.15) is 17.1 Å². The Balaban J connectivity index is 2.47. The van der Waals surface area contributed by atoms with Gasteiger partial charge in [-0.1, -0.05) is 0 Å². The van der Waals surface area contributed by atoms with E-state index in [9.17, 15) is 13.2 Å². The summed E-state index contributed by atoms with van der Waals surface area (Å²) < 4.78 is 37.4. The Morgan fingerprint density at radius 1 is 1.28 bits per heavy atom. The Kier molecular flexibility index (Phi) is 2.98. The van der Waals surface area contributed by atoms with E-state index >= 15 is 0 Å². The molecule has 0 aliphatic carbocycles. The van der Waals surface area contributed by atoms with Crippen LogP contribution in [0.25, 0.3) is 11.4 Å². The average molecular weight is 256 g/mol. The maximum Gasteiger partial charge on any atom is 0.432 e. The molecule has 2 rings (SSSR count). The third-order valence-electron chi connectivity index (χ3n) is 2.39. The molecular formula is C11H11F3N4. The lowest BCUT2D eigenvalue weighted by atomic mass is 10.2. The number of nitrogens with zero attached hydrogens (tertiary/aromatic N) is 3. The van der Waals surface area contributed by atoms with Crippen molar-refractivity contribution < 1.29 is 13.2 Å². The van der Waals surface area contributed by atoms with Gasteiger partial charge >= 0.3 is 6.18 Å². The number of nitrogens with one attached hydrogen (secondary N) is 1. The maximum atomic E-state index is 12.5. The summed E-state index contributed by atoms with van der Waals surface area (Å²) in [6, 6.07) is 4.44. The molecule has 2 heterocycles. The predicted molar refractivity (Wildman–Crippen MR) is 61.1 cm³/mol. The van der Waals surface area contributed by atoms with Crippen molar-refractivity contribution in [2.24, 2.45) is 0 Å². The first-order valence-electron chi connectivity index (χ1n) is 5.15. The van der Waals surface area contributed by atoms with Gasteiger partial charge < -0.3 is 4.90 Å². The summed E-state index contributed by atoms with van der Waals surface area (Å²) >= 11 is 0. The first-order valence-corrected chi connectivity index (χ1v) is 5.15. The van der Waals surface area contributed by atoms with E-state index in [0.717, 1.165) is 6.07 Å². The van der Waals surface area contributed by atoms with Crippen molar-refractivity contribution in [3.8, 4) is 11.4 Å². The smallest absolute Gasteiger partial charge is 0.376 e. The molecule has 7 heteroatoms. The number of H-pyrrole nitrogens is 1. The van der Waals surface area contributed by atoms with Gasteiger partial charge in [-0.05, 0) is 18.2 Å². The molecule has 0 saturated carbocycles. The molecule has 0 aliphatic rings. The fraction of sp³-hybridized carbons (Fsp3) is 0.273. The van der Waals surface area contributed by atoms with Crippen molar-refractivity contribution in [2.75, 3.05) is 19.0 Å². The van der Waals surface area contributed by atoms with Crippen molar-refractivity contribution in [1.29, 1.82) is 0 Å². The fourth-order valence-electron chi connectivity index (χ4n) is 1.54. The highest BCUT2D eigenvalue weighted by Crippen LogP contribution is 2.32. The third kappa shape index (κ3) is 2.29. The van der Waals surface area contributed by atoms with Gasteiger partial charge in [0.2, 0.25) is 0 Å². The minimum atomic E-state index is -4.43. The zero-order valence-electron chi connectivity index (χ0n) is 9.78. The van der Waals surface area contributed by atoms with E-state index in [0.29, 0.717) is 11.4 Å². The van der Waals surface area contributed by atoms with Gasteiger partial charge in [0.15, 0.2) is 0 Å². The van der Waals surface area contributed by atoms with Crippen LogP contribution in [0.2, 0.25) is 0 Å². The molecule has 2 aromatic rings. The van der Waals surface area contributed by atoms with E-state index in [1.165, 1.54) is 6.20 Å². The number of anilines is 1. The van der Waals surface area contributed by atoms with E-state index in [1.54, 1.807) is 31.1 Å². The number of pyridine rings is 1. The lowest BCUT2D eigenvalue weighted by molar-refractivity contribution is -0.141. The van der Waals surface area contributed by atoms with Crippen LogP contribution < -0.4 is 4.90 Å². The Morgan fingerprint density at radius 2 is 2.00 bits per heavy atom. The van der Waals surface area contributed by atoms with E-state index in [4.69, 9.17) is 0 Å². The quantitative estimate of drug-likeness (QED) is 0.898. The number of aromatic nitrogens is 3. The second kappa shape index (κ2) is 4.32. The van der Waals surface area contributed by atoms with Crippen LogP contribution in [0.5, 0.6) is 0 Å². The molecule has 0 radical (unpaired) electrons. The highest BCUT2D eigenvalue weighted by Gasteiger charge is 2.33. The topological polar surface area (TPSA) is 44.8 Å². The molecule has 0 aliphatic heterocycles. The number of halogens is 3. The average Bonchev–Trinajstić information content (AvgIpc) is 2.77. The number of hydrogen-bond acceptors (Lipinski definition) is 3. The Hall–Kier alpha value is -2.05. The monoisotopic (exact) mass is 256 g/mol. The molecule has 0 amide bonds. The number of alkyl halides is 3. The van der Waals surface area contributed by atoms with Crippen LogP contribution in [0.15, 0.2) is 24.4 Å². The Morgan fingerprint density at radius 3 is 2.56 bits per heavy atom. The molecule has 96 valence electrons. The van der Waals surface area contributed by atoms with E-state index in [-0.39, 0.29) is 5.69 Å². The molecule has 18 heavy (non-hydrogen) atoms. The summed E-state index contributed by atoms with van der Waals surface area (Å²) in [6.45, 7) is 0. The van der Waals surface area contributed by atoms with Crippen LogP contribution in [0.3, 0.4) is 0 Å². The van der Waals surface area contributed by atoms with Gasteiger partial charge in [0, 0.05) is 20.3 Å². The van der Waals surface area contributed by atoms with Gasteiger partial charge in [0.05, 0.1) is 5.69 Å². The largest absolute Gasteiger partial charge is 0.432 e. The second-order valence-electron chi connectivity index (χ2n) is 3.93. The molecule has 1 N–H and O–H groups in total. The van der Waals surface area contributed by atoms with E-state index < -0.39 is 11.9 Å². The van der Waals surface area contributed by atoms with Crippen LogP contribution in [0.4, 0.5) is 18.9 Å². The number of aromatic amines is 1. The molecule has 0 bridgehead atoms. The van der Waals surface area contributed by atoms with Crippen LogP contribution in [-0.4, -0.2) is 29.3 Å². The Bertz CT molecular complexity index is 545. The first kappa shape index (κ1) is 12.4. The molecule has 0 atom stereocenters. The van der Waals surface area contributed by atoms with Gasteiger partial charge in [-0.2, -0.15) is 18.3 Å². The summed E-state index contributed by atoms with van der Waals surface area (Å²) in [5.74, 6) is 0. The van der Waals surface area contributed by atoms with Crippen molar-refractivity contribution in [1.82, 2.24) is 15.2 Å². The van der Waals surface area contributed by atoms with Gasteiger partial charge in [-0.3, -0.25) is 10.1 Å². The summed E-state index contributed by atoms with van der Waals surface area (Å²) in [6.07, 6.45) is -2.91. The van der Waals surface area contributed by atoms with Crippen molar-refractivity contribution in [3.63, 3.8) is 0 Å². The Labute approximate surface area is 101 Å². The summed E-state index contributed by atoms with van der Waals surface area (Å²) in [7, 11) is 3.58. The third-order valence-corrected chi connectivity index (χ3v) is 2.39.